The third kappa shape index (κ3) is 10.8. The van der Waals surface area contributed by atoms with Crippen LogP contribution in [-0.4, -0.2) is 111 Å². The number of aryl methyl sites for hydroxylation is 1. The van der Waals surface area contributed by atoms with Crippen molar-refractivity contribution in [1.82, 2.24) is 4.31 Å². The predicted molar refractivity (Wildman–Crippen MR) is 201 cm³/mol. The monoisotopic (exact) mass is 740 g/mol. The van der Waals surface area contributed by atoms with Gasteiger partial charge in [-0.25, -0.2) is 8.42 Å². The van der Waals surface area contributed by atoms with Gasteiger partial charge in [0.1, 0.15) is 12.4 Å². The second kappa shape index (κ2) is 19.8. The van der Waals surface area contributed by atoms with E-state index in [9.17, 15) is 8.42 Å². The number of anilines is 1. The lowest BCUT2D eigenvalue weighted by Crippen LogP contribution is -2.54. The van der Waals surface area contributed by atoms with Crippen molar-refractivity contribution in [3.63, 3.8) is 0 Å². The van der Waals surface area contributed by atoms with Gasteiger partial charge < -0.3 is 38.1 Å². The van der Waals surface area contributed by atoms with Crippen LogP contribution in [0.15, 0.2) is 71.6 Å². The second-order valence-corrected chi connectivity index (χ2v) is 15.4. The lowest BCUT2D eigenvalue weighted by atomic mass is 9.85. The molecule has 3 aromatic carbocycles. The van der Waals surface area contributed by atoms with Gasteiger partial charge in [0.05, 0.1) is 68.5 Å². The molecule has 0 aromatic heterocycles. The number of hydrogen-bond donors (Lipinski definition) is 0. The molecule has 1 unspecified atom stereocenters. The molecule has 0 amide bonds. The molecule has 0 saturated carbocycles. The van der Waals surface area contributed by atoms with E-state index in [1.54, 1.807) is 26.4 Å². The van der Waals surface area contributed by atoms with Crippen LogP contribution in [0.5, 0.6) is 5.75 Å². The summed E-state index contributed by atoms with van der Waals surface area (Å²) in [6.45, 7) is 11.8. The highest BCUT2D eigenvalue weighted by Crippen LogP contribution is 2.37. The van der Waals surface area contributed by atoms with Gasteiger partial charge in [-0.15, -0.1) is 0 Å². The first-order valence-corrected chi connectivity index (χ1v) is 19.7. The Bertz CT molecular complexity index is 1620. The van der Waals surface area contributed by atoms with Crippen LogP contribution in [-0.2, 0) is 51.7 Å². The number of ether oxygens (including phenoxy) is 7. The fourth-order valence-corrected chi connectivity index (χ4v) is 8.21. The summed E-state index contributed by atoms with van der Waals surface area (Å²) in [7, 11) is -0.480. The molecule has 2 aliphatic heterocycles. The molecule has 2 aliphatic rings. The van der Waals surface area contributed by atoms with Gasteiger partial charge in [0.15, 0.2) is 0 Å². The molecule has 2 heterocycles. The predicted octanol–water partition coefficient (Wildman–Crippen LogP) is 5.58. The van der Waals surface area contributed by atoms with Crippen molar-refractivity contribution in [1.29, 1.82) is 0 Å². The summed E-state index contributed by atoms with van der Waals surface area (Å²) in [5.74, 6) is 0.592. The zero-order chi connectivity index (χ0) is 36.9. The van der Waals surface area contributed by atoms with Crippen LogP contribution in [0, 0.1) is 6.92 Å². The number of nitrogens with zero attached hydrogens (tertiary/aromatic N) is 2. The highest BCUT2D eigenvalue weighted by atomic mass is 32.2. The Morgan fingerprint density at radius 3 is 2.29 bits per heavy atom. The van der Waals surface area contributed by atoms with Crippen molar-refractivity contribution < 1.29 is 41.6 Å². The van der Waals surface area contributed by atoms with E-state index in [1.807, 2.05) is 45.0 Å². The van der Waals surface area contributed by atoms with Gasteiger partial charge >= 0.3 is 0 Å². The van der Waals surface area contributed by atoms with Gasteiger partial charge in [0, 0.05) is 53.0 Å². The van der Waals surface area contributed by atoms with Crippen LogP contribution in [0.2, 0.25) is 0 Å². The van der Waals surface area contributed by atoms with E-state index in [0.717, 1.165) is 53.2 Å². The summed E-state index contributed by atoms with van der Waals surface area (Å²) in [5.41, 5.74) is 5.04. The zero-order valence-electron chi connectivity index (χ0n) is 31.3. The van der Waals surface area contributed by atoms with E-state index < -0.39 is 22.2 Å². The molecule has 4 atom stereocenters. The highest BCUT2D eigenvalue weighted by molar-refractivity contribution is 7.89. The van der Waals surface area contributed by atoms with Gasteiger partial charge in [0.2, 0.25) is 10.0 Å². The first-order chi connectivity index (χ1) is 25.2. The Morgan fingerprint density at radius 2 is 1.58 bits per heavy atom. The minimum absolute atomic E-state index is 0.162. The van der Waals surface area contributed by atoms with E-state index in [4.69, 9.17) is 33.2 Å². The van der Waals surface area contributed by atoms with Crippen LogP contribution in [0.1, 0.15) is 48.4 Å². The Morgan fingerprint density at radius 1 is 0.865 bits per heavy atom. The van der Waals surface area contributed by atoms with Gasteiger partial charge in [-0.05, 0) is 68.1 Å². The molecule has 3 aromatic rings. The normalized spacial score (nSPS) is 20.0. The minimum Gasteiger partial charge on any atom is -0.490 e. The fourth-order valence-electron chi connectivity index (χ4n) is 6.74. The Balaban J connectivity index is 1.45. The largest absolute Gasteiger partial charge is 0.490 e. The number of rotatable bonds is 20. The topological polar surface area (TPSA) is 105 Å². The lowest BCUT2D eigenvalue weighted by Gasteiger charge is -2.43. The summed E-state index contributed by atoms with van der Waals surface area (Å²) in [6, 6.07) is 21.4. The summed E-state index contributed by atoms with van der Waals surface area (Å²) >= 11 is 0. The summed E-state index contributed by atoms with van der Waals surface area (Å²) in [4.78, 5) is 2.57. The van der Waals surface area contributed by atoms with Crippen molar-refractivity contribution in [2.75, 3.05) is 84.9 Å². The van der Waals surface area contributed by atoms with E-state index in [0.29, 0.717) is 46.2 Å². The molecule has 1 fully saturated rings. The van der Waals surface area contributed by atoms with Gasteiger partial charge in [-0.3, -0.25) is 0 Å². The van der Waals surface area contributed by atoms with E-state index in [1.165, 1.54) is 4.31 Å². The average molecular weight is 741 g/mol. The number of sulfonamides is 1. The molecule has 0 radical (unpaired) electrons. The van der Waals surface area contributed by atoms with Crippen molar-refractivity contribution >= 4 is 15.7 Å². The van der Waals surface area contributed by atoms with Crippen LogP contribution >= 0.6 is 0 Å². The standard InChI is InChI=1S/C40H56N2O9S/c1-6-48-31(3)27-50-38-25-42(52(43,44)35-15-8-30(2)9-16-35)26-39(40(38)34-13-10-32(11-14-34)28-47-23-22-46-5)51-29-33-12-17-37-36(24-33)41(19-21-49-37)18-7-20-45-4/h8-17,24,31,38-40H,6-7,18-23,25-29H2,1-5H3/t31?,38-,39+,40+/m1/s1. The number of benzene rings is 3. The van der Waals surface area contributed by atoms with Crippen molar-refractivity contribution in [3.05, 3.63) is 89.0 Å². The number of methoxy groups -OCH3 is 2. The maximum atomic E-state index is 14.2. The number of fused-ring (bicyclic) bond motifs is 1. The van der Waals surface area contributed by atoms with Gasteiger partial charge in [-0.1, -0.05) is 48.0 Å². The van der Waals surface area contributed by atoms with Gasteiger partial charge in [0.25, 0.3) is 0 Å². The molecule has 52 heavy (non-hydrogen) atoms. The summed E-state index contributed by atoms with van der Waals surface area (Å²) in [5, 5.41) is 0. The van der Waals surface area contributed by atoms with Crippen LogP contribution in [0.25, 0.3) is 0 Å². The average Bonchev–Trinajstić information content (AvgIpc) is 3.15. The molecular weight excluding hydrogens is 685 g/mol. The first-order valence-electron chi connectivity index (χ1n) is 18.3. The van der Waals surface area contributed by atoms with Crippen molar-refractivity contribution in [2.45, 2.75) is 69.5 Å². The first kappa shape index (κ1) is 40.1. The number of hydrogen-bond acceptors (Lipinski definition) is 10. The molecule has 11 nitrogen and oxygen atoms in total. The Labute approximate surface area is 310 Å². The smallest absolute Gasteiger partial charge is 0.243 e. The summed E-state index contributed by atoms with van der Waals surface area (Å²) in [6.07, 6.45) is -0.271. The maximum Gasteiger partial charge on any atom is 0.243 e. The van der Waals surface area contributed by atoms with Crippen molar-refractivity contribution in [2.24, 2.45) is 0 Å². The molecule has 0 N–H and O–H groups in total. The van der Waals surface area contributed by atoms with Crippen LogP contribution in [0.3, 0.4) is 0 Å². The Kier molecular flexibility index (Phi) is 15.3. The minimum atomic E-state index is -3.85. The molecule has 0 spiro atoms. The second-order valence-electron chi connectivity index (χ2n) is 13.4. The zero-order valence-corrected chi connectivity index (χ0v) is 32.1. The molecule has 0 bridgehead atoms. The Hall–Kier alpha value is -3.07. The SMILES string of the molecule is CCOC(C)CO[C@@H]1CN(S(=O)(=O)c2ccc(C)cc2)C[C@H](OCc2ccc3c(c2)N(CCCOC)CCO3)[C@H]1c1ccc(COCCOC)cc1. The molecule has 5 rings (SSSR count). The highest BCUT2D eigenvalue weighted by Gasteiger charge is 2.44. The molecule has 0 aliphatic carbocycles. The van der Waals surface area contributed by atoms with Crippen molar-refractivity contribution in [3.8, 4) is 5.75 Å². The van der Waals surface area contributed by atoms with E-state index in [2.05, 4.69) is 35.2 Å². The lowest BCUT2D eigenvalue weighted by molar-refractivity contribution is -0.0988. The maximum absolute atomic E-state index is 14.2. The molecular formula is C40H56N2O9S. The fraction of sp³-hybridized carbons (Fsp3) is 0.550. The van der Waals surface area contributed by atoms with E-state index in [-0.39, 0.29) is 36.6 Å². The third-order valence-electron chi connectivity index (χ3n) is 9.51. The number of piperidine rings is 1. The summed E-state index contributed by atoms with van der Waals surface area (Å²) < 4.78 is 71.2. The molecule has 286 valence electrons. The molecule has 12 heteroatoms. The van der Waals surface area contributed by atoms with E-state index >= 15 is 0 Å². The molecule has 1 saturated heterocycles. The van der Waals surface area contributed by atoms with Gasteiger partial charge in [-0.2, -0.15) is 4.31 Å². The third-order valence-corrected chi connectivity index (χ3v) is 11.4. The van der Waals surface area contributed by atoms with Crippen LogP contribution in [0.4, 0.5) is 5.69 Å². The quantitative estimate of drug-likeness (QED) is 0.137. The van der Waals surface area contributed by atoms with Crippen LogP contribution < -0.4 is 9.64 Å².